The van der Waals surface area contributed by atoms with Gasteiger partial charge >= 0.3 is 5.97 Å². The van der Waals surface area contributed by atoms with E-state index in [4.69, 9.17) is 9.15 Å². The highest BCUT2D eigenvalue weighted by Crippen LogP contribution is 2.30. The number of hydrogen-bond acceptors (Lipinski definition) is 8. The van der Waals surface area contributed by atoms with Gasteiger partial charge in [-0.1, -0.05) is 42.5 Å². The molecule has 0 atom stereocenters. The molecule has 0 radical (unpaired) electrons. The third-order valence-electron chi connectivity index (χ3n) is 5.36. The number of amides is 1. The number of carbonyl (C=O) groups excluding carboxylic acids is 2. The van der Waals surface area contributed by atoms with Gasteiger partial charge in [-0.3, -0.25) is 9.59 Å². The first-order valence-corrected chi connectivity index (χ1v) is 11.6. The maximum absolute atomic E-state index is 12.0. The lowest BCUT2D eigenvalue weighted by Crippen LogP contribution is -2.09. The van der Waals surface area contributed by atoms with Gasteiger partial charge in [-0.2, -0.15) is 0 Å². The first-order chi connectivity index (χ1) is 18.7. The van der Waals surface area contributed by atoms with Gasteiger partial charge in [0.2, 0.25) is 5.91 Å². The molecule has 4 aromatic carbocycles. The van der Waals surface area contributed by atoms with Crippen molar-refractivity contribution in [1.29, 1.82) is 0 Å². The smallest absolute Gasteiger partial charge is 0.347 e. The molecular formula is C30H23NO8. The van der Waals surface area contributed by atoms with E-state index in [0.29, 0.717) is 17.2 Å². The van der Waals surface area contributed by atoms with Gasteiger partial charge in [0.25, 0.3) is 0 Å². The zero-order chi connectivity index (χ0) is 27.9. The van der Waals surface area contributed by atoms with Gasteiger partial charge in [0.15, 0.2) is 5.43 Å². The van der Waals surface area contributed by atoms with Gasteiger partial charge in [-0.25, -0.2) is 4.79 Å². The summed E-state index contributed by atoms with van der Waals surface area (Å²) in [5.74, 6) is -0.677. The van der Waals surface area contributed by atoms with Gasteiger partial charge in [0.05, 0.1) is 0 Å². The Morgan fingerprint density at radius 2 is 1.46 bits per heavy atom. The van der Waals surface area contributed by atoms with Crippen molar-refractivity contribution in [3.8, 4) is 34.3 Å². The van der Waals surface area contributed by atoms with Crippen LogP contribution in [0.5, 0.6) is 23.0 Å². The molecule has 0 unspecified atom stereocenters. The number of benzene rings is 4. The topological polar surface area (TPSA) is 146 Å². The highest BCUT2D eigenvalue weighted by atomic mass is 16.5. The van der Waals surface area contributed by atoms with E-state index in [9.17, 15) is 29.7 Å². The number of esters is 1. The fourth-order valence-corrected chi connectivity index (χ4v) is 3.62. The third kappa shape index (κ3) is 6.60. The molecule has 1 amide bonds. The van der Waals surface area contributed by atoms with Crippen LogP contribution in [-0.4, -0.2) is 27.2 Å². The number of phenolic OH excluding ortho intramolecular Hbond substituents is 3. The number of nitrogens with one attached hydrogen (secondary N) is 1. The summed E-state index contributed by atoms with van der Waals surface area (Å²) in [7, 11) is 0. The second-order valence-corrected chi connectivity index (χ2v) is 8.29. The summed E-state index contributed by atoms with van der Waals surface area (Å²) in [6, 6.07) is 25.4. The maximum Gasteiger partial charge on any atom is 0.347 e. The van der Waals surface area contributed by atoms with Crippen LogP contribution in [-0.2, 0) is 4.79 Å². The van der Waals surface area contributed by atoms with Crippen molar-refractivity contribution >= 4 is 28.5 Å². The molecule has 39 heavy (non-hydrogen) atoms. The maximum atomic E-state index is 12.0. The van der Waals surface area contributed by atoms with Crippen molar-refractivity contribution in [2.24, 2.45) is 0 Å². The molecule has 0 aliphatic heterocycles. The molecule has 1 heterocycles. The minimum absolute atomic E-state index is 0.0671. The molecule has 0 bridgehead atoms. The van der Waals surface area contributed by atoms with E-state index in [1.807, 2.05) is 30.3 Å². The standard InChI is InChI=1S/C15H13NO4.C15H10O4/c1-10(17)16-11-6-8-12(9-7-11)20-15(19)13-4-2-3-5-14(13)18;16-10-6-11(17)15-12(18)8-13(19-14(15)7-10)9-4-2-1-3-5-9/h2-9,18H,1H3,(H,16,17);1-8,16-17H. The Bertz CT molecular complexity index is 1690. The van der Waals surface area contributed by atoms with Crippen LogP contribution in [0, 0.1) is 0 Å². The lowest BCUT2D eigenvalue weighted by atomic mass is 10.1. The van der Waals surface area contributed by atoms with Crippen molar-refractivity contribution in [2.75, 3.05) is 5.32 Å². The van der Waals surface area contributed by atoms with Crippen LogP contribution in [0.25, 0.3) is 22.3 Å². The van der Waals surface area contributed by atoms with Gasteiger partial charge in [-0.15, -0.1) is 0 Å². The first-order valence-electron chi connectivity index (χ1n) is 11.6. The first kappa shape index (κ1) is 26.5. The lowest BCUT2D eigenvalue weighted by Gasteiger charge is -2.07. The molecule has 0 aliphatic carbocycles. The second kappa shape index (κ2) is 11.7. The van der Waals surface area contributed by atoms with Crippen LogP contribution in [0.2, 0.25) is 0 Å². The van der Waals surface area contributed by atoms with E-state index in [2.05, 4.69) is 5.32 Å². The van der Waals surface area contributed by atoms with E-state index in [1.165, 1.54) is 31.2 Å². The van der Waals surface area contributed by atoms with Gasteiger partial charge in [0.1, 0.15) is 45.3 Å². The minimum Gasteiger partial charge on any atom is -0.508 e. The molecular weight excluding hydrogens is 502 g/mol. The normalized spacial score (nSPS) is 10.3. The van der Waals surface area contributed by atoms with Crippen molar-refractivity contribution in [3.05, 3.63) is 113 Å². The molecule has 0 fully saturated rings. The molecule has 0 saturated carbocycles. The molecule has 196 valence electrons. The number of hydrogen-bond donors (Lipinski definition) is 4. The van der Waals surface area contributed by atoms with Gasteiger partial charge in [-0.05, 0) is 36.4 Å². The molecule has 0 aliphatic rings. The number of rotatable bonds is 4. The minimum atomic E-state index is -0.643. The monoisotopic (exact) mass is 525 g/mol. The molecule has 1 aromatic heterocycles. The van der Waals surface area contributed by atoms with Crippen molar-refractivity contribution in [1.82, 2.24) is 0 Å². The molecule has 4 N–H and O–H groups in total. The summed E-state index contributed by atoms with van der Waals surface area (Å²) in [6.45, 7) is 1.41. The van der Waals surface area contributed by atoms with E-state index < -0.39 is 5.97 Å². The fourth-order valence-electron chi connectivity index (χ4n) is 3.62. The zero-order valence-corrected chi connectivity index (χ0v) is 20.6. The summed E-state index contributed by atoms with van der Waals surface area (Å²) >= 11 is 0. The number of carbonyl (C=O) groups is 2. The van der Waals surface area contributed by atoms with Crippen LogP contribution >= 0.6 is 0 Å². The number of anilines is 1. The zero-order valence-electron chi connectivity index (χ0n) is 20.6. The lowest BCUT2D eigenvalue weighted by molar-refractivity contribution is -0.114. The predicted octanol–water partition coefficient (Wildman–Crippen LogP) is 5.44. The summed E-state index contributed by atoms with van der Waals surface area (Å²) in [6.07, 6.45) is 0. The molecule has 9 heteroatoms. The van der Waals surface area contributed by atoms with Crippen LogP contribution in [0.4, 0.5) is 5.69 Å². The molecule has 0 spiro atoms. The Morgan fingerprint density at radius 3 is 2.13 bits per heavy atom. The Morgan fingerprint density at radius 1 is 0.795 bits per heavy atom. The predicted molar refractivity (Wildman–Crippen MR) is 145 cm³/mol. The molecule has 0 saturated heterocycles. The largest absolute Gasteiger partial charge is 0.508 e. The summed E-state index contributed by atoms with van der Waals surface area (Å²) in [5.41, 5.74) is 1.27. The summed E-state index contributed by atoms with van der Waals surface area (Å²) < 4.78 is 10.7. The molecule has 5 rings (SSSR count). The average Bonchev–Trinajstić information content (AvgIpc) is 2.90. The number of ether oxygens (including phenoxy) is 1. The second-order valence-electron chi connectivity index (χ2n) is 8.29. The summed E-state index contributed by atoms with van der Waals surface area (Å²) in [4.78, 5) is 34.7. The van der Waals surface area contributed by atoms with Crippen LogP contribution in [0.1, 0.15) is 17.3 Å². The quantitative estimate of drug-likeness (QED) is 0.179. The van der Waals surface area contributed by atoms with Crippen LogP contribution < -0.4 is 15.5 Å². The van der Waals surface area contributed by atoms with Crippen molar-refractivity contribution in [2.45, 2.75) is 6.92 Å². The Kier molecular flexibility index (Phi) is 7.92. The number of para-hydroxylation sites is 1. The van der Waals surface area contributed by atoms with E-state index in [-0.39, 0.29) is 45.1 Å². The highest BCUT2D eigenvalue weighted by Gasteiger charge is 2.13. The van der Waals surface area contributed by atoms with Gasteiger partial charge in [0, 0.05) is 36.4 Å². The molecule has 9 nitrogen and oxygen atoms in total. The van der Waals surface area contributed by atoms with E-state index in [1.54, 1.807) is 36.4 Å². The number of phenols is 3. The molecule has 5 aromatic rings. The number of fused-ring (bicyclic) bond motifs is 1. The SMILES string of the molecule is CC(=O)Nc1ccc(OC(=O)c2ccccc2O)cc1.O=c1cc(-c2ccccc2)oc2cc(O)cc(O)c12. The highest BCUT2D eigenvalue weighted by molar-refractivity contribution is 5.94. The number of aromatic hydroxyl groups is 3. The Balaban J connectivity index is 0.000000181. The van der Waals surface area contributed by atoms with Crippen LogP contribution in [0.3, 0.4) is 0 Å². The third-order valence-corrected chi connectivity index (χ3v) is 5.36. The van der Waals surface area contributed by atoms with Crippen molar-refractivity contribution < 1.29 is 34.1 Å². The van der Waals surface area contributed by atoms with E-state index >= 15 is 0 Å². The van der Waals surface area contributed by atoms with E-state index in [0.717, 1.165) is 11.6 Å². The summed E-state index contributed by atoms with van der Waals surface area (Å²) in [5, 5.41) is 31.3. The average molecular weight is 526 g/mol. The van der Waals surface area contributed by atoms with Gasteiger partial charge < -0.3 is 29.8 Å². The van der Waals surface area contributed by atoms with Crippen LogP contribution in [0.15, 0.2) is 106 Å². The van der Waals surface area contributed by atoms with Crippen molar-refractivity contribution in [3.63, 3.8) is 0 Å². The fraction of sp³-hybridized carbons (Fsp3) is 0.0333. The Labute approximate surface area is 222 Å². The Hall–Kier alpha value is -5.57.